The first-order chi connectivity index (χ1) is 7.72. The number of hydrogen-bond donors (Lipinski definition) is 0. The van der Waals surface area contributed by atoms with Crippen molar-refractivity contribution in [3.05, 3.63) is 41.1 Å². The molecule has 0 bridgehead atoms. The quantitative estimate of drug-likeness (QED) is 0.666. The molecule has 1 aliphatic heterocycles. The zero-order chi connectivity index (χ0) is 11.5. The maximum absolute atomic E-state index is 4.45. The lowest BCUT2D eigenvalue weighted by Gasteiger charge is -2.08. The minimum atomic E-state index is 0.958. The first-order valence-electron chi connectivity index (χ1n) is 5.53. The highest BCUT2D eigenvalue weighted by Crippen LogP contribution is 2.25. The van der Waals surface area contributed by atoms with Gasteiger partial charge in [0.05, 0.1) is 11.4 Å². The van der Waals surface area contributed by atoms with E-state index in [4.69, 9.17) is 0 Å². The molecule has 1 aromatic carbocycles. The predicted molar refractivity (Wildman–Crippen MR) is 69.9 cm³/mol. The van der Waals surface area contributed by atoms with E-state index in [1.54, 1.807) is 0 Å². The summed E-state index contributed by atoms with van der Waals surface area (Å²) in [7, 11) is 0. The predicted octanol–water partition coefficient (Wildman–Crippen LogP) is 3.81. The van der Waals surface area contributed by atoms with Crippen LogP contribution >= 0.6 is 0 Å². The van der Waals surface area contributed by atoms with Crippen LogP contribution in [0.5, 0.6) is 0 Å². The summed E-state index contributed by atoms with van der Waals surface area (Å²) in [6.45, 7) is 6.15. The van der Waals surface area contributed by atoms with Crippen molar-refractivity contribution in [2.24, 2.45) is 9.98 Å². The molecule has 2 rings (SSSR count). The summed E-state index contributed by atoms with van der Waals surface area (Å²) >= 11 is 0. The molecule has 82 valence electrons. The molecular formula is C14H16N2. The van der Waals surface area contributed by atoms with Gasteiger partial charge in [-0.3, -0.25) is 9.98 Å². The van der Waals surface area contributed by atoms with Crippen molar-refractivity contribution in [1.82, 2.24) is 0 Å². The molecule has 0 atom stereocenters. The molecule has 0 unspecified atom stereocenters. The number of hydrogen-bond acceptors (Lipinski definition) is 2. The lowest BCUT2D eigenvalue weighted by atomic mass is 9.99. The van der Waals surface area contributed by atoms with Crippen molar-refractivity contribution in [3.8, 4) is 0 Å². The molecule has 16 heavy (non-hydrogen) atoms. The standard InChI is InChI=1S/C14H16N2/c1-4-15-13-7-5-6-12(11(13)3)14-8-10(2)9-16-14/h4-7,9H,8H2,1-3H3. The van der Waals surface area contributed by atoms with Crippen molar-refractivity contribution in [3.63, 3.8) is 0 Å². The summed E-state index contributed by atoms with van der Waals surface area (Å²) in [4.78, 5) is 8.81. The van der Waals surface area contributed by atoms with Crippen LogP contribution in [0.25, 0.3) is 0 Å². The Hall–Kier alpha value is -1.70. The van der Waals surface area contributed by atoms with E-state index in [1.807, 2.05) is 31.5 Å². The van der Waals surface area contributed by atoms with Crippen LogP contribution in [0.1, 0.15) is 31.4 Å². The second-order valence-corrected chi connectivity index (χ2v) is 4.07. The Balaban J connectivity index is 2.40. The molecule has 2 nitrogen and oxygen atoms in total. The lowest BCUT2D eigenvalue weighted by Crippen LogP contribution is -2.00. The minimum Gasteiger partial charge on any atom is -0.261 e. The fourth-order valence-electron chi connectivity index (χ4n) is 1.92. The molecule has 0 fully saturated rings. The van der Waals surface area contributed by atoms with E-state index in [0.29, 0.717) is 0 Å². The van der Waals surface area contributed by atoms with E-state index >= 15 is 0 Å². The van der Waals surface area contributed by atoms with Gasteiger partial charge < -0.3 is 0 Å². The number of aliphatic imine (C=N–C) groups is 2. The van der Waals surface area contributed by atoms with Crippen molar-refractivity contribution < 1.29 is 0 Å². The first-order valence-corrected chi connectivity index (χ1v) is 5.53. The van der Waals surface area contributed by atoms with Crippen molar-refractivity contribution in [2.75, 3.05) is 0 Å². The minimum absolute atomic E-state index is 0.958. The summed E-state index contributed by atoms with van der Waals surface area (Å²) < 4.78 is 0. The highest BCUT2D eigenvalue weighted by atomic mass is 14.7. The highest BCUT2D eigenvalue weighted by Gasteiger charge is 2.12. The van der Waals surface area contributed by atoms with Crippen molar-refractivity contribution in [2.45, 2.75) is 27.2 Å². The van der Waals surface area contributed by atoms with E-state index in [1.165, 1.54) is 16.7 Å². The second kappa shape index (κ2) is 4.44. The van der Waals surface area contributed by atoms with E-state index in [9.17, 15) is 0 Å². The number of nitrogens with zero attached hydrogens (tertiary/aromatic N) is 2. The maximum Gasteiger partial charge on any atom is 0.0661 e. The van der Waals surface area contributed by atoms with Gasteiger partial charge >= 0.3 is 0 Å². The van der Waals surface area contributed by atoms with Crippen LogP contribution < -0.4 is 0 Å². The van der Waals surface area contributed by atoms with Gasteiger partial charge in [-0.15, -0.1) is 0 Å². The van der Waals surface area contributed by atoms with Crippen molar-refractivity contribution >= 4 is 17.6 Å². The molecule has 0 aromatic heterocycles. The van der Waals surface area contributed by atoms with Gasteiger partial charge in [0.2, 0.25) is 0 Å². The Morgan fingerprint density at radius 1 is 1.31 bits per heavy atom. The maximum atomic E-state index is 4.45. The van der Waals surface area contributed by atoms with Crippen LogP contribution in [0.2, 0.25) is 0 Å². The lowest BCUT2D eigenvalue weighted by molar-refractivity contribution is 1.29. The number of benzene rings is 1. The average molecular weight is 212 g/mol. The van der Waals surface area contributed by atoms with E-state index < -0.39 is 0 Å². The zero-order valence-electron chi connectivity index (χ0n) is 9.99. The van der Waals surface area contributed by atoms with Crippen LogP contribution in [0, 0.1) is 6.92 Å². The van der Waals surface area contributed by atoms with Crippen molar-refractivity contribution in [1.29, 1.82) is 0 Å². The molecule has 0 saturated heterocycles. The molecule has 1 aromatic rings. The Bertz CT molecular complexity index is 493. The molecule has 0 N–H and O–H groups in total. The summed E-state index contributed by atoms with van der Waals surface area (Å²) in [6.07, 6.45) is 4.73. The van der Waals surface area contributed by atoms with E-state index in [0.717, 1.165) is 17.8 Å². The summed E-state index contributed by atoms with van der Waals surface area (Å²) in [5.74, 6) is 0. The van der Waals surface area contributed by atoms with Gasteiger partial charge in [-0.2, -0.15) is 0 Å². The third-order valence-corrected chi connectivity index (χ3v) is 2.77. The van der Waals surface area contributed by atoms with Crippen LogP contribution in [-0.4, -0.2) is 11.9 Å². The molecule has 0 radical (unpaired) electrons. The van der Waals surface area contributed by atoms with Crippen LogP contribution in [-0.2, 0) is 0 Å². The van der Waals surface area contributed by atoms with Gasteiger partial charge in [-0.25, -0.2) is 0 Å². The SMILES string of the molecule is CC=Nc1cccc(C2=NC=C(C)C2)c1C. The summed E-state index contributed by atoms with van der Waals surface area (Å²) in [5, 5.41) is 0. The number of rotatable bonds is 2. The highest BCUT2D eigenvalue weighted by molar-refractivity contribution is 6.05. The third-order valence-electron chi connectivity index (χ3n) is 2.77. The zero-order valence-corrected chi connectivity index (χ0v) is 9.99. The molecule has 0 saturated carbocycles. The van der Waals surface area contributed by atoms with Gasteiger partial charge in [0.25, 0.3) is 0 Å². The van der Waals surface area contributed by atoms with Gasteiger partial charge in [0, 0.05) is 24.4 Å². The van der Waals surface area contributed by atoms with E-state index in [-0.39, 0.29) is 0 Å². The van der Waals surface area contributed by atoms with Crippen LogP contribution in [0.4, 0.5) is 5.69 Å². The smallest absolute Gasteiger partial charge is 0.0661 e. The molecule has 0 aliphatic carbocycles. The van der Waals surface area contributed by atoms with E-state index in [2.05, 4.69) is 29.9 Å². The second-order valence-electron chi connectivity index (χ2n) is 4.07. The molecule has 2 heteroatoms. The fourth-order valence-corrected chi connectivity index (χ4v) is 1.92. The largest absolute Gasteiger partial charge is 0.261 e. The number of allylic oxidation sites excluding steroid dienone is 1. The average Bonchev–Trinajstić information content (AvgIpc) is 2.68. The van der Waals surface area contributed by atoms with Gasteiger partial charge in [-0.1, -0.05) is 12.1 Å². The van der Waals surface area contributed by atoms with Gasteiger partial charge in [0.1, 0.15) is 0 Å². The molecule has 1 heterocycles. The van der Waals surface area contributed by atoms with Gasteiger partial charge in [-0.05, 0) is 38.0 Å². The molecule has 1 aliphatic rings. The normalized spacial score (nSPS) is 15.4. The van der Waals surface area contributed by atoms with Crippen LogP contribution in [0.3, 0.4) is 0 Å². The van der Waals surface area contributed by atoms with Gasteiger partial charge in [0.15, 0.2) is 0 Å². The first kappa shape index (κ1) is 10.8. The Morgan fingerprint density at radius 2 is 2.12 bits per heavy atom. The Labute approximate surface area is 96.4 Å². The monoisotopic (exact) mass is 212 g/mol. The summed E-state index contributed by atoms with van der Waals surface area (Å²) in [6, 6.07) is 6.20. The molecular weight excluding hydrogens is 196 g/mol. The topological polar surface area (TPSA) is 24.7 Å². The third kappa shape index (κ3) is 1.96. The van der Waals surface area contributed by atoms with Crippen LogP contribution in [0.15, 0.2) is 40.0 Å². The molecule has 0 amide bonds. The Morgan fingerprint density at radius 3 is 2.75 bits per heavy atom. The summed E-state index contributed by atoms with van der Waals surface area (Å²) in [5.41, 5.74) is 5.94. The Kier molecular flexibility index (Phi) is 3.00. The fraction of sp³-hybridized carbons (Fsp3) is 0.286. The molecule has 0 spiro atoms.